The number of piperidine rings is 1. The van der Waals surface area contributed by atoms with E-state index in [0.717, 1.165) is 24.0 Å². The number of rotatable bonds is 5. The van der Waals surface area contributed by atoms with Crippen LogP contribution in [-0.2, 0) is 22.6 Å². The van der Waals surface area contributed by atoms with Crippen LogP contribution >= 0.6 is 0 Å². The number of amides is 2. The van der Waals surface area contributed by atoms with Crippen LogP contribution in [0.4, 0.5) is 8.78 Å². The van der Waals surface area contributed by atoms with Crippen molar-refractivity contribution in [2.24, 2.45) is 5.92 Å². The lowest BCUT2D eigenvalue weighted by Crippen LogP contribution is -2.46. The third-order valence-corrected chi connectivity index (χ3v) is 5.10. The second-order valence-electron chi connectivity index (χ2n) is 7.30. The normalized spacial score (nSPS) is 16.7. The number of halogens is 2. The minimum atomic E-state index is -0.330. The summed E-state index contributed by atoms with van der Waals surface area (Å²) in [6.07, 6.45) is 1.72. The van der Waals surface area contributed by atoms with Gasteiger partial charge in [0.2, 0.25) is 11.8 Å². The number of benzene rings is 2. The maximum absolute atomic E-state index is 13.0. The molecule has 3 rings (SSSR count). The molecule has 1 aliphatic heterocycles. The molecular formula is C22H24F2N2O2. The van der Waals surface area contributed by atoms with Crippen molar-refractivity contribution in [2.45, 2.75) is 25.8 Å². The highest BCUT2D eigenvalue weighted by atomic mass is 19.1. The fraction of sp³-hybridized carbons (Fsp3) is 0.364. The van der Waals surface area contributed by atoms with E-state index in [4.69, 9.17) is 0 Å². The Kier molecular flexibility index (Phi) is 6.39. The molecule has 0 bridgehead atoms. The SMILES string of the molecule is CN(Cc1ccc(F)cc1)C(=O)C1CCCN(C(=O)Cc2ccc(F)cc2)C1. The second-order valence-corrected chi connectivity index (χ2v) is 7.30. The first kappa shape index (κ1) is 20.0. The van der Waals surface area contributed by atoms with Crippen molar-refractivity contribution in [1.82, 2.24) is 9.80 Å². The third kappa shape index (κ3) is 5.15. The van der Waals surface area contributed by atoms with Gasteiger partial charge in [0.25, 0.3) is 0 Å². The number of nitrogens with zero attached hydrogens (tertiary/aromatic N) is 2. The van der Waals surface area contributed by atoms with E-state index in [2.05, 4.69) is 0 Å². The van der Waals surface area contributed by atoms with Crippen molar-refractivity contribution < 1.29 is 18.4 Å². The van der Waals surface area contributed by atoms with E-state index in [1.165, 1.54) is 24.3 Å². The lowest BCUT2D eigenvalue weighted by Gasteiger charge is -2.34. The van der Waals surface area contributed by atoms with Crippen molar-refractivity contribution >= 4 is 11.8 Å². The summed E-state index contributed by atoms with van der Waals surface area (Å²) >= 11 is 0. The zero-order chi connectivity index (χ0) is 20.1. The maximum Gasteiger partial charge on any atom is 0.227 e. The Morgan fingerprint density at radius 1 is 1.00 bits per heavy atom. The molecule has 1 atom stereocenters. The lowest BCUT2D eigenvalue weighted by molar-refractivity contribution is -0.140. The number of carbonyl (C=O) groups is 2. The van der Waals surface area contributed by atoms with E-state index in [1.54, 1.807) is 41.1 Å². The minimum Gasteiger partial charge on any atom is -0.342 e. The molecule has 6 heteroatoms. The fourth-order valence-electron chi connectivity index (χ4n) is 3.55. The summed E-state index contributed by atoms with van der Waals surface area (Å²) in [6, 6.07) is 12.0. The molecule has 1 aliphatic rings. The molecule has 2 aromatic rings. The molecular weight excluding hydrogens is 362 g/mol. The fourth-order valence-corrected chi connectivity index (χ4v) is 3.55. The Bertz CT molecular complexity index is 821. The summed E-state index contributed by atoms with van der Waals surface area (Å²) in [4.78, 5) is 28.7. The topological polar surface area (TPSA) is 40.6 Å². The third-order valence-electron chi connectivity index (χ3n) is 5.10. The molecule has 0 aliphatic carbocycles. The summed E-state index contributed by atoms with van der Waals surface area (Å²) in [5.41, 5.74) is 1.62. The van der Waals surface area contributed by atoms with E-state index in [0.29, 0.717) is 19.6 Å². The average molecular weight is 386 g/mol. The number of hydrogen-bond donors (Lipinski definition) is 0. The summed E-state index contributed by atoms with van der Waals surface area (Å²) < 4.78 is 26.0. The van der Waals surface area contributed by atoms with E-state index in [1.807, 2.05) is 0 Å². The average Bonchev–Trinajstić information content (AvgIpc) is 2.71. The molecule has 1 saturated heterocycles. The van der Waals surface area contributed by atoms with Crippen LogP contribution in [0.15, 0.2) is 48.5 Å². The first-order chi connectivity index (χ1) is 13.4. The van der Waals surface area contributed by atoms with Gasteiger partial charge in [0.05, 0.1) is 12.3 Å². The van der Waals surface area contributed by atoms with Crippen molar-refractivity contribution in [1.29, 1.82) is 0 Å². The van der Waals surface area contributed by atoms with Crippen LogP contribution in [-0.4, -0.2) is 41.8 Å². The molecule has 0 N–H and O–H groups in total. The zero-order valence-electron chi connectivity index (χ0n) is 15.9. The Morgan fingerprint density at radius 2 is 1.57 bits per heavy atom. The molecule has 2 amide bonds. The summed E-state index contributed by atoms with van der Waals surface area (Å²) in [5.74, 6) is -0.936. The minimum absolute atomic E-state index is 0.0105. The van der Waals surface area contributed by atoms with Gasteiger partial charge in [0.1, 0.15) is 11.6 Å². The summed E-state index contributed by atoms with van der Waals surface area (Å²) in [7, 11) is 1.73. The quantitative estimate of drug-likeness (QED) is 0.790. The maximum atomic E-state index is 13.0. The highest BCUT2D eigenvalue weighted by molar-refractivity contribution is 5.82. The van der Waals surface area contributed by atoms with Crippen molar-refractivity contribution in [3.63, 3.8) is 0 Å². The van der Waals surface area contributed by atoms with E-state index in [9.17, 15) is 18.4 Å². The van der Waals surface area contributed by atoms with Crippen molar-refractivity contribution in [3.05, 3.63) is 71.3 Å². The van der Waals surface area contributed by atoms with Crippen LogP contribution in [0.5, 0.6) is 0 Å². The molecule has 2 aromatic carbocycles. The van der Waals surface area contributed by atoms with Crippen LogP contribution in [0, 0.1) is 17.6 Å². The van der Waals surface area contributed by atoms with Gasteiger partial charge in [-0.1, -0.05) is 24.3 Å². The van der Waals surface area contributed by atoms with Gasteiger partial charge in [0, 0.05) is 26.7 Å². The molecule has 148 valence electrons. The van der Waals surface area contributed by atoms with Crippen LogP contribution in [0.3, 0.4) is 0 Å². The van der Waals surface area contributed by atoms with Gasteiger partial charge in [-0.25, -0.2) is 8.78 Å². The number of carbonyl (C=O) groups excluding carboxylic acids is 2. The molecule has 28 heavy (non-hydrogen) atoms. The molecule has 0 radical (unpaired) electrons. The van der Waals surface area contributed by atoms with Gasteiger partial charge in [-0.05, 0) is 48.2 Å². The van der Waals surface area contributed by atoms with Crippen LogP contribution < -0.4 is 0 Å². The first-order valence-corrected chi connectivity index (χ1v) is 9.44. The summed E-state index contributed by atoms with van der Waals surface area (Å²) in [5, 5.41) is 0. The molecule has 4 nitrogen and oxygen atoms in total. The van der Waals surface area contributed by atoms with Gasteiger partial charge >= 0.3 is 0 Å². The Balaban J connectivity index is 1.56. The largest absolute Gasteiger partial charge is 0.342 e. The van der Waals surface area contributed by atoms with Gasteiger partial charge in [-0.2, -0.15) is 0 Å². The second kappa shape index (κ2) is 8.95. The highest BCUT2D eigenvalue weighted by Crippen LogP contribution is 2.20. The Morgan fingerprint density at radius 3 is 2.18 bits per heavy atom. The molecule has 1 heterocycles. The van der Waals surface area contributed by atoms with Crippen LogP contribution in [0.25, 0.3) is 0 Å². The molecule has 0 aromatic heterocycles. The highest BCUT2D eigenvalue weighted by Gasteiger charge is 2.30. The van der Waals surface area contributed by atoms with E-state index in [-0.39, 0.29) is 35.8 Å². The van der Waals surface area contributed by atoms with Gasteiger partial charge in [-0.15, -0.1) is 0 Å². The van der Waals surface area contributed by atoms with Gasteiger partial charge in [-0.3, -0.25) is 9.59 Å². The predicted octanol–water partition coefficient (Wildman–Crippen LogP) is 3.40. The Labute approximate surface area is 163 Å². The van der Waals surface area contributed by atoms with Crippen molar-refractivity contribution in [3.8, 4) is 0 Å². The molecule has 0 spiro atoms. The van der Waals surface area contributed by atoms with Gasteiger partial charge in [0.15, 0.2) is 0 Å². The predicted molar refractivity (Wildman–Crippen MR) is 102 cm³/mol. The van der Waals surface area contributed by atoms with E-state index >= 15 is 0 Å². The zero-order valence-corrected chi connectivity index (χ0v) is 15.9. The monoisotopic (exact) mass is 386 g/mol. The standard InChI is InChI=1S/C22H24F2N2O2/c1-25(14-17-6-10-20(24)11-7-17)22(28)18-3-2-12-26(15-18)21(27)13-16-4-8-19(23)9-5-16/h4-11,18H,2-3,12-15H2,1H3. The van der Waals surface area contributed by atoms with E-state index < -0.39 is 0 Å². The smallest absolute Gasteiger partial charge is 0.227 e. The van der Waals surface area contributed by atoms with Crippen LogP contribution in [0.1, 0.15) is 24.0 Å². The molecule has 1 unspecified atom stereocenters. The van der Waals surface area contributed by atoms with Gasteiger partial charge < -0.3 is 9.80 Å². The summed E-state index contributed by atoms with van der Waals surface area (Å²) in [6.45, 7) is 1.43. The first-order valence-electron chi connectivity index (χ1n) is 9.44. The molecule has 1 fully saturated rings. The Hall–Kier alpha value is -2.76. The van der Waals surface area contributed by atoms with Crippen molar-refractivity contribution in [2.75, 3.05) is 20.1 Å². The number of hydrogen-bond acceptors (Lipinski definition) is 2. The lowest BCUT2D eigenvalue weighted by atomic mass is 9.95. The molecule has 0 saturated carbocycles. The number of likely N-dealkylation sites (tertiary alicyclic amines) is 1. The van der Waals surface area contributed by atoms with Crippen LogP contribution in [0.2, 0.25) is 0 Å².